The number of carbonyl (C=O) groups excluding carboxylic acids is 1. The Morgan fingerprint density at radius 3 is 2.43 bits per heavy atom. The van der Waals surface area contributed by atoms with Gasteiger partial charge in [-0.15, -0.1) is 0 Å². The number of hydrogen-bond acceptors (Lipinski definition) is 3. The molecule has 1 aliphatic rings. The first-order valence-electron chi connectivity index (χ1n) is 10.2. The lowest BCUT2D eigenvalue weighted by Crippen LogP contribution is -2.36. The van der Waals surface area contributed by atoms with Gasteiger partial charge in [-0.25, -0.2) is 0 Å². The molecule has 2 aromatic rings. The second-order valence-electron chi connectivity index (χ2n) is 7.72. The van der Waals surface area contributed by atoms with Gasteiger partial charge in [0, 0.05) is 25.6 Å². The summed E-state index contributed by atoms with van der Waals surface area (Å²) in [6.45, 7) is 5.09. The maximum absolute atomic E-state index is 12.1. The summed E-state index contributed by atoms with van der Waals surface area (Å²) in [5.41, 5.74) is 4.18. The van der Waals surface area contributed by atoms with Gasteiger partial charge in [0.2, 0.25) is 5.91 Å². The molecule has 0 spiro atoms. The van der Waals surface area contributed by atoms with Crippen LogP contribution >= 0.6 is 0 Å². The standard InChI is InChI=1S/C24H29N3O/c1-19-4-2-3-15-27(19)18-23-11-9-22(10-12-23)17-26-24(28)14-13-20-5-7-21(16-25)8-6-20/h5-12,19H,2-4,13-15,17-18H2,1H3,(H,26,28). The van der Waals surface area contributed by atoms with Crippen LogP contribution in [0.25, 0.3) is 0 Å². The number of nitrogens with one attached hydrogen (secondary N) is 1. The smallest absolute Gasteiger partial charge is 0.220 e. The molecule has 1 atom stereocenters. The van der Waals surface area contributed by atoms with Crippen LogP contribution in [0.2, 0.25) is 0 Å². The normalized spacial score (nSPS) is 17.1. The molecule has 1 heterocycles. The highest BCUT2D eigenvalue weighted by molar-refractivity contribution is 5.76. The van der Waals surface area contributed by atoms with E-state index in [0.29, 0.717) is 31.0 Å². The Morgan fingerprint density at radius 2 is 1.75 bits per heavy atom. The van der Waals surface area contributed by atoms with Crippen molar-refractivity contribution in [3.05, 3.63) is 70.8 Å². The van der Waals surface area contributed by atoms with E-state index in [0.717, 1.165) is 17.7 Å². The molecule has 0 radical (unpaired) electrons. The van der Waals surface area contributed by atoms with Crippen LogP contribution in [0.15, 0.2) is 48.5 Å². The molecule has 3 rings (SSSR count). The molecule has 1 unspecified atom stereocenters. The second-order valence-corrected chi connectivity index (χ2v) is 7.72. The van der Waals surface area contributed by atoms with Gasteiger partial charge in [0.25, 0.3) is 0 Å². The van der Waals surface area contributed by atoms with E-state index in [4.69, 9.17) is 5.26 Å². The van der Waals surface area contributed by atoms with Crippen molar-refractivity contribution >= 4 is 5.91 Å². The van der Waals surface area contributed by atoms with Crippen LogP contribution in [0.5, 0.6) is 0 Å². The van der Waals surface area contributed by atoms with Crippen molar-refractivity contribution < 1.29 is 4.79 Å². The zero-order chi connectivity index (χ0) is 19.8. The van der Waals surface area contributed by atoms with Gasteiger partial charge in [-0.3, -0.25) is 9.69 Å². The largest absolute Gasteiger partial charge is 0.352 e. The van der Waals surface area contributed by atoms with E-state index in [1.807, 2.05) is 12.1 Å². The van der Waals surface area contributed by atoms with Crippen LogP contribution in [0, 0.1) is 11.3 Å². The van der Waals surface area contributed by atoms with Crippen LogP contribution in [0.3, 0.4) is 0 Å². The molecule has 1 saturated heterocycles. The zero-order valence-electron chi connectivity index (χ0n) is 16.7. The van der Waals surface area contributed by atoms with Gasteiger partial charge in [0.15, 0.2) is 0 Å². The van der Waals surface area contributed by atoms with Gasteiger partial charge in [-0.2, -0.15) is 5.26 Å². The lowest BCUT2D eigenvalue weighted by Gasteiger charge is -2.33. The minimum Gasteiger partial charge on any atom is -0.352 e. The van der Waals surface area contributed by atoms with E-state index in [2.05, 4.69) is 47.5 Å². The third-order valence-corrected chi connectivity index (χ3v) is 5.56. The van der Waals surface area contributed by atoms with Gasteiger partial charge in [-0.05, 0) is 61.6 Å². The molecule has 1 N–H and O–H groups in total. The third kappa shape index (κ3) is 5.94. The van der Waals surface area contributed by atoms with E-state index >= 15 is 0 Å². The number of nitrogens with zero attached hydrogens (tertiary/aromatic N) is 2. The number of hydrogen-bond donors (Lipinski definition) is 1. The van der Waals surface area contributed by atoms with Crippen LogP contribution < -0.4 is 5.32 Å². The lowest BCUT2D eigenvalue weighted by atomic mass is 10.0. The molecule has 0 aromatic heterocycles. The average molecular weight is 376 g/mol. The van der Waals surface area contributed by atoms with Crippen LogP contribution in [0.1, 0.15) is 54.9 Å². The fourth-order valence-corrected chi connectivity index (χ4v) is 3.68. The summed E-state index contributed by atoms with van der Waals surface area (Å²) >= 11 is 0. The lowest BCUT2D eigenvalue weighted by molar-refractivity contribution is -0.121. The van der Waals surface area contributed by atoms with E-state index in [-0.39, 0.29) is 5.91 Å². The Kier molecular flexibility index (Phi) is 7.22. The molecule has 2 aromatic carbocycles. The van der Waals surface area contributed by atoms with Gasteiger partial charge >= 0.3 is 0 Å². The maximum atomic E-state index is 12.1. The third-order valence-electron chi connectivity index (χ3n) is 5.56. The van der Waals surface area contributed by atoms with Crippen molar-refractivity contribution in [2.45, 2.75) is 58.2 Å². The summed E-state index contributed by atoms with van der Waals surface area (Å²) in [5, 5.41) is 11.8. The van der Waals surface area contributed by atoms with E-state index in [1.165, 1.54) is 31.4 Å². The highest BCUT2D eigenvalue weighted by Gasteiger charge is 2.17. The first-order valence-corrected chi connectivity index (χ1v) is 10.2. The molecule has 0 bridgehead atoms. The van der Waals surface area contributed by atoms with Crippen molar-refractivity contribution in [1.82, 2.24) is 10.2 Å². The number of piperidine rings is 1. The number of carbonyl (C=O) groups is 1. The highest BCUT2D eigenvalue weighted by atomic mass is 16.1. The average Bonchev–Trinajstić information content (AvgIpc) is 2.74. The number of rotatable bonds is 7. The van der Waals surface area contributed by atoms with Crippen molar-refractivity contribution in [3.63, 3.8) is 0 Å². The SMILES string of the molecule is CC1CCCCN1Cc1ccc(CNC(=O)CCc2ccc(C#N)cc2)cc1. The molecule has 146 valence electrons. The van der Waals surface area contributed by atoms with E-state index in [9.17, 15) is 4.79 Å². The molecule has 28 heavy (non-hydrogen) atoms. The number of benzene rings is 2. The first kappa shape index (κ1) is 20.1. The zero-order valence-corrected chi connectivity index (χ0v) is 16.7. The second kappa shape index (κ2) is 10.1. The van der Waals surface area contributed by atoms with Crippen LogP contribution in [-0.2, 0) is 24.3 Å². The Bertz CT molecular complexity index is 805. The first-order chi connectivity index (χ1) is 13.6. The van der Waals surface area contributed by atoms with Gasteiger partial charge < -0.3 is 5.32 Å². The summed E-state index contributed by atoms with van der Waals surface area (Å²) in [6, 6.07) is 18.8. The quantitative estimate of drug-likeness (QED) is 0.790. The summed E-state index contributed by atoms with van der Waals surface area (Å²) < 4.78 is 0. The number of amides is 1. The summed E-state index contributed by atoms with van der Waals surface area (Å²) in [7, 11) is 0. The van der Waals surface area contributed by atoms with Crippen LogP contribution in [-0.4, -0.2) is 23.4 Å². The topological polar surface area (TPSA) is 56.1 Å². The summed E-state index contributed by atoms with van der Waals surface area (Å²) in [5.74, 6) is 0.0515. The number of aryl methyl sites for hydroxylation is 1. The Balaban J connectivity index is 1.41. The minimum absolute atomic E-state index is 0.0515. The van der Waals surface area contributed by atoms with Gasteiger partial charge in [0.1, 0.15) is 0 Å². The Morgan fingerprint density at radius 1 is 1.07 bits per heavy atom. The molecule has 0 aliphatic carbocycles. The summed E-state index contributed by atoms with van der Waals surface area (Å²) in [6.07, 6.45) is 5.09. The summed E-state index contributed by atoms with van der Waals surface area (Å²) in [4.78, 5) is 14.7. The van der Waals surface area contributed by atoms with Crippen molar-refractivity contribution in [3.8, 4) is 6.07 Å². The molecule has 1 fully saturated rings. The number of likely N-dealkylation sites (tertiary alicyclic amines) is 1. The molecule has 0 saturated carbocycles. The molecular weight excluding hydrogens is 346 g/mol. The van der Waals surface area contributed by atoms with Crippen molar-refractivity contribution in [1.29, 1.82) is 5.26 Å². The predicted octanol–water partition coefficient (Wildman–Crippen LogP) is 4.18. The maximum Gasteiger partial charge on any atom is 0.220 e. The molecule has 1 aliphatic heterocycles. The van der Waals surface area contributed by atoms with Gasteiger partial charge in [-0.1, -0.05) is 42.8 Å². The minimum atomic E-state index is 0.0515. The van der Waals surface area contributed by atoms with E-state index in [1.54, 1.807) is 12.1 Å². The Labute approximate surface area is 168 Å². The van der Waals surface area contributed by atoms with Crippen molar-refractivity contribution in [2.75, 3.05) is 6.54 Å². The number of nitriles is 1. The molecule has 4 nitrogen and oxygen atoms in total. The van der Waals surface area contributed by atoms with Crippen molar-refractivity contribution in [2.24, 2.45) is 0 Å². The molecular formula is C24H29N3O. The highest BCUT2D eigenvalue weighted by Crippen LogP contribution is 2.19. The Hall–Kier alpha value is -2.64. The monoisotopic (exact) mass is 375 g/mol. The van der Waals surface area contributed by atoms with Gasteiger partial charge in [0.05, 0.1) is 11.6 Å². The predicted molar refractivity (Wildman–Crippen MR) is 111 cm³/mol. The fraction of sp³-hybridized carbons (Fsp3) is 0.417. The molecule has 1 amide bonds. The molecule has 4 heteroatoms. The van der Waals surface area contributed by atoms with E-state index < -0.39 is 0 Å². The fourth-order valence-electron chi connectivity index (χ4n) is 3.68. The van der Waals surface area contributed by atoms with Crippen LogP contribution in [0.4, 0.5) is 0 Å².